The lowest BCUT2D eigenvalue weighted by molar-refractivity contribution is -0.108. The van der Waals surface area contributed by atoms with E-state index in [1.165, 1.54) is 0 Å². The van der Waals surface area contributed by atoms with Crippen LogP contribution in [0.1, 0.15) is 12.8 Å². The standard InChI is InChI=1S/C15H23N3O/c1-16-12-15(8-10-17(2)11-9-15)18(13-19)14-6-4-3-5-7-14/h3-7,13,16H,8-12H2,1-2H3. The van der Waals surface area contributed by atoms with Gasteiger partial charge in [-0.05, 0) is 39.1 Å². The van der Waals surface area contributed by atoms with Gasteiger partial charge in [0.1, 0.15) is 0 Å². The molecule has 1 aromatic rings. The lowest BCUT2D eigenvalue weighted by atomic mass is 9.85. The molecule has 4 heteroatoms. The molecule has 0 atom stereocenters. The molecule has 0 aromatic heterocycles. The second-order valence-electron chi connectivity index (χ2n) is 5.37. The van der Waals surface area contributed by atoms with Gasteiger partial charge < -0.3 is 15.1 Å². The molecule has 2 rings (SSSR count). The zero-order valence-corrected chi connectivity index (χ0v) is 11.8. The molecule has 1 heterocycles. The van der Waals surface area contributed by atoms with Crippen molar-refractivity contribution in [2.75, 3.05) is 38.6 Å². The van der Waals surface area contributed by atoms with E-state index in [0.29, 0.717) is 0 Å². The molecule has 19 heavy (non-hydrogen) atoms. The van der Waals surface area contributed by atoms with E-state index in [1.54, 1.807) is 0 Å². The van der Waals surface area contributed by atoms with Crippen LogP contribution in [0.4, 0.5) is 5.69 Å². The Bertz CT molecular complexity index is 399. The number of carbonyl (C=O) groups is 1. The lowest BCUT2D eigenvalue weighted by Crippen LogP contribution is -2.59. The number of likely N-dealkylation sites (N-methyl/N-ethyl adjacent to an activating group) is 1. The van der Waals surface area contributed by atoms with E-state index < -0.39 is 0 Å². The van der Waals surface area contributed by atoms with Crippen LogP contribution in [0.25, 0.3) is 0 Å². The summed E-state index contributed by atoms with van der Waals surface area (Å²) in [6.45, 7) is 2.88. The number of piperidine rings is 1. The number of rotatable bonds is 5. The van der Waals surface area contributed by atoms with Crippen LogP contribution in [0, 0.1) is 0 Å². The minimum atomic E-state index is -0.107. The number of amides is 1. The summed E-state index contributed by atoms with van der Waals surface area (Å²) in [4.78, 5) is 15.9. The third-order valence-electron chi connectivity index (χ3n) is 4.07. The fraction of sp³-hybridized carbons (Fsp3) is 0.533. The number of carbonyl (C=O) groups excluding carboxylic acids is 1. The molecule has 0 saturated carbocycles. The first-order chi connectivity index (χ1) is 9.22. The van der Waals surface area contributed by atoms with Gasteiger partial charge >= 0.3 is 0 Å². The molecular formula is C15H23N3O. The third-order valence-corrected chi connectivity index (χ3v) is 4.07. The van der Waals surface area contributed by atoms with Crippen LogP contribution in [-0.4, -0.2) is 50.6 Å². The molecule has 4 nitrogen and oxygen atoms in total. The number of nitrogens with zero attached hydrogens (tertiary/aromatic N) is 2. The van der Waals surface area contributed by atoms with Gasteiger partial charge in [-0.25, -0.2) is 0 Å². The minimum absolute atomic E-state index is 0.107. The smallest absolute Gasteiger partial charge is 0.214 e. The highest BCUT2D eigenvalue weighted by molar-refractivity contribution is 5.77. The van der Waals surface area contributed by atoms with E-state index in [2.05, 4.69) is 17.3 Å². The van der Waals surface area contributed by atoms with Crippen LogP contribution >= 0.6 is 0 Å². The summed E-state index contributed by atoms with van der Waals surface area (Å²) in [5.74, 6) is 0. The number of para-hydroxylation sites is 1. The van der Waals surface area contributed by atoms with Crippen LogP contribution in [-0.2, 0) is 4.79 Å². The summed E-state index contributed by atoms with van der Waals surface area (Å²) in [6, 6.07) is 9.95. The molecule has 0 spiro atoms. The summed E-state index contributed by atoms with van der Waals surface area (Å²) in [7, 11) is 4.09. The topological polar surface area (TPSA) is 35.6 Å². The first-order valence-electron chi connectivity index (χ1n) is 6.85. The quantitative estimate of drug-likeness (QED) is 0.812. The molecule has 1 saturated heterocycles. The van der Waals surface area contributed by atoms with Crippen molar-refractivity contribution in [1.82, 2.24) is 10.2 Å². The summed E-state index contributed by atoms with van der Waals surface area (Å²) < 4.78 is 0. The first kappa shape index (κ1) is 14.0. The van der Waals surface area contributed by atoms with Gasteiger partial charge in [-0.15, -0.1) is 0 Å². The van der Waals surface area contributed by atoms with Crippen LogP contribution < -0.4 is 10.2 Å². The summed E-state index contributed by atoms with van der Waals surface area (Å²) in [6.07, 6.45) is 2.98. The van der Waals surface area contributed by atoms with Gasteiger partial charge in [-0.2, -0.15) is 0 Å². The maximum atomic E-state index is 11.7. The van der Waals surface area contributed by atoms with Crippen molar-refractivity contribution in [3.8, 4) is 0 Å². The summed E-state index contributed by atoms with van der Waals surface area (Å²) in [5.41, 5.74) is 0.877. The van der Waals surface area contributed by atoms with E-state index in [-0.39, 0.29) is 5.54 Å². The number of hydrogen-bond donors (Lipinski definition) is 1. The van der Waals surface area contributed by atoms with Gasteiger partial charge in [0.05, 0.1) is 5.54 Å². The van der Waals surface area contributed by atoms with Gasteiger partial charge in [-0.3, -0.25) is 4.79 Å². The Hall–Kier alpha value is -1.39. The monoisotopic (exact) mass is 261 g/mol. The first-order valence-corrected chi connectivity index (χ1v) is 6.85. The molecular weight excluding hydrogens is 238 g/mol. The zero-order valence-electron chi connectivity index (χ0n) is 11.8. The Balaban J connectivity index is 2.28. The second kappa shape index (κ2) is 6.17. The Morgan fingerprint density at radius 2 is 1.95 bits per heavy atom. The van der Waals surface area contributed by atoms with Gasteiger partial charge in [0.2, 0.25) is 6.41 Å². The van der Waals surface area contributed by atoms with Gasteiger partial charge in [0.15, 0.2) is 0 Å². The maximum absolute atomic E-state index is 11.7. The highest BCUT2D eigenvalue weighted by Crippen LogP contribution is 2.31. The third kappa shape index (κ3) is 2.96. The Morgan fingerprint density at radius 3 is 2.47 bits per heavy atom. The van der Waals surface area contributed by atoms with E-state index in [9.17, 15) is 4.79 Å². The lowest BCUT2D eigenvalue weighted by Gasteiger charge is -2.46. The molecule has 0 radical (unpaired) electrons. The number of anilines is 1. The second-order valence-corrected chi connectivity index (χ2v) is 5.37. The van der Waals surface area contributed by atoms with Crippen LogP contribution in [0.15, 0.2) is 30.3 Å². The average Bonchev–Trinajstić information content (AvgIpc) is 2.44. The molecule has 0 unspecified atom stereocenters. The van der Waals surface area contributed by atoms with E-state index >= 15 is 0 Å². The van der Waals surface area contributed by atoms with Gasteiger partial charge in [0, 0.05) is 25.3 Å². The Morgan fingerprint density at radius 1 is 1.32 bits per heavy atom. The van der Waals surface area contributed by atoms with E-state index in [4.69, 9.17) is 0 Å². The van der Waals surface area contributed by atoms with Crippen molar-refractivity contribution in [3.05, 3.63) is 30.3 Å². The van der Waals surface area contributed by atoms with Crippen LogP contribution in [0.5, 0.6) is 0 Å². The predicted octanol–water partition coefficient (Wildman–Crippen LogP) is 1.33. The maximum Gasteiger partial charge on any atom is 0.214 e. The molecule has 1 aliphatic rings. The molecule has 104 valence electrons. The summed E-state index contributed by atoms with van der Waals surface area (Å²) in [5, 5.41) is 3.26. The molecule has 1 N–H and O–H groups in total. The van der Waals surface area contributed by atoms with Crippen molar-refractivity contribution in [2.45, 2.75) is 18.4 Å². The van der Waals surface area contributed by atoms with E-state index in [0.717, 1.165) is 44.6 Å². The van der Waals surface area contributed by atoms with Crippen molar-refractivity contribution in [3.63, 3.8) is 0 Å². The summed E-state index contributed by atoms with van der Waals surface area (Å²) >= 11 is 0. The number of likely N-dealkylation sites (tertiary alicyclic amines) is 1. The molecule has 1 aliphatic heterocycles. The fourth-order valence-electron chi connectivity index (χ4n) is 2.90. The highest BCUT2D eigenvalue weighted by atomic mass is 16.1. The molecule has 1 fully saturated rings. The van der Waals surface area contributed by atoms with Crippen molar-refractivity contribution in [1.29, 1.82) is 0 Å². The van der Waals surface area contributed by atoms with Gasteiger partial charge in [-0.1, -0.05) is 18.2 Å². The number of nitrogens with one attached hydrogen (secondary N) is 1. The number of benzene rings is 1. The normalized spacial score (nSPS) is 19.1. The zero-order chi connectivity index (χ0) is 13.7. The van der Waals surface area contributed by atoms with Crippen LogP contribution in [0.3, 0.4) is 0 Å². The van der Waals surface area contributed by atoms with Crippen molar-refractivity contribution >= 4 is 12.1 Å². The molecule has 0 aliphatic carbocycles. The Labute approximate surface area is 115 Å². The highest BCUT2D eigenvalue weighted by Gasteiger charge is 2.39. The number of hydrogen-bond acceptors (Lipinski definition) is 3. The van der Waals surface area contributed by atoms with Crippen molar-refractivity contribution in [2.24, 2.45) is 0 Å². The SMILES string of the molecule is CNCC1(N(C=O)c2ccccc2)CCN(C)CC1. The molecule has 1 aromatic carbocycles. The largest absolute Gasteiger partial charge is 0.317 e. The fourth-order valence-corrected chi connectivity index (χ4v) is 2.90. The molecule has 0 bridgehead atoms. The Kier molecular flexibility index (Phi) is 4.56. The minimum Gasteiger partial charge on any atom is -0.317 e. The average molecular weight is 261 g/mol. The van der Waals surface area contributed by atoms with Crippen LogP contribution in [0.2, 0.25) is 0 Å². The van der Waals surface area contributed by atoms with E-state index in [1.807, 2.05) is 42.3 Å². The van der Waals surface area contributed by atoms with Crippen molar-refractivity contribution < 1.29 is 4.79 Å². The molecule has 1 amide bonds. The van der Waals surface area contributed by atoms with Gasteiger partial charge in [0.25, 0.3) is 0 Å². The predicted molar refractivity (Wildman–Crippen MR) is 78.4 cm³/mol.